The molecule has 1 saturated carbocycles. The lowest BCUT2D eigenvalue weighted by atomic mass is 9.75. The average molecular weight is 1590 g/mol. The first-order valence-electron chi connectivity index (χ1n) is 37.2. The fourth-order valence-corrected chi connectivity index (χ4v) is 15.3. The predicted octanol–water partition coefficient (Wildman–Crippen LogP) is 0.829. The highest BCUT2D eigenvalue weighted by molar-refractivity contribution is 7.98. The Bertz CT molecular complexity index is 4280. The van der Waals surface area contributed by atoms with Gasteiger partial charge >= 0.3 is 0 Å². The largest absolute Gasteiger partial charge is 0.508 e. The van der Waals surface area contributed by atoms with Crippen molar-refractivity contribution < 1.29 is 82.8 Å². The smallest absolute Gasteiger partial charge is 0.246 e. The zero-order valence-electron chi connectivity index (χ0n) is 64.7. The highest BCUT2D eigenvalue weighted by atomic mass is 32.2. The minimum absolute atomic E-state index is 0.0135. The van der Waals surface area contributed by atoms with Crippen molar-refractivity contribution in [3.63, 3.8) is 0 Å². The van der Waals surface area contributed by atoms with Gasteiger partial charge in [-0.2, -0.15) is 23.5 Å². The van der Waals surface area contributed by atoms with Gasteiger partial charge in [0, 0.05) is 73.5 Å². The fraction of sp³-hybridized carbons (Fsp3) is 0.513. The van der Waals surface area contributed by atoms with Crippen molar-refractivity contribution >= 4 is 111 Å². The molecule has 1 aliphatic carbocycles. The molecule has 1 spiro atoms. The Morgan fingerprint density at radius 2 is 1.21 bits per heavy atom. The number of H-pyrrole nitrogens is 1. The number of aromatic hydroxyl groups is 2. The number of nitrogens with one attached hydrogen (secondary N) is 12. The average Bonchev–Trinajstić information content (AvgIpc) is 1.38. The molecule has 2 aliphatic heterocycles. The van der Waals surface area contributed by atoms with Crippen LogP contribution in [-0.4, -0.2) is 213 Å². The lowest BCUT2D eigenvalue weighted by molar-refractivity contribution is -0.144. The Kier molecular flexibility index (Phi) is 29.5. The fourth-order valence-electron chi connectivity index (χ4n) is 13.2. The second kappa shape index (κ2) is 37.8. The zero-order valence-corrected chi connectivity index (χ0v) is 66.4. The highest BCUT2D eigenvalue weighted by Crippen LogP contribution is 2.34. The molecular formula is C78H105N15O17S2. The van der Waals surface area contributed by atoms with Gasteiger partial charge in [-0.05, 0) is 142 Å². The third-order valence-corrected chi connectivity index (χ3v) is 22.6. The maximum atomic E-state index is 15.2. The van der Waals surface area contributed by atoms with E-state index in [0.29, 0.717) is 45.7 Å². The van der Waals surface area contributed by atoms with E-state index in [1.165, 1.54) is 113 Å². The first-order valence-corrected chi connectivity index (χ1v) is 39.5. The normalized spacial score (nSPS) is 25.7. The summed E-state index contributed by atoms with van der Waals surface area (Å²) in [6, 6.07) is 7.57. The van der Waals surface area contributed by atoms with Gasteiger partial charge in [-0.15, -0.1) is 0 Å². The first kappa shape index (κ1) is 87.3. The number of phenols is 2. The molecule has 32 nitrogen and oxygen atoms in total. The summed E-state index contributed by atoms with van der Waals surface area (Å²) >= 11 is 2.52. The summed E-state index contributed by atoms with van der Waals surface area (Å²) in [4.78, 5) is 197. The second-order valence-electron chi connectivity index (χ2n) is 31.2. The van der Waals surface area contributed by atoms with Crippen LogP contribution in [0.25, 0.3) is 11.0 Å². The van der Waals surface area contributed by atoms with E-state index in [2.05, 4.69) is 68.5 Å². The van der Waals surface area contributed by atoms with Gasteiger partial charge in [0.15, 0.2) is 0 Å². The molecule has 1 saturated heterocycles. The van der Waals surface area contributed by atoms with Crippen LogP contribution >= 0.6 is 23.5 Å². The van der Waals surface area contributed by atoms with Crippen LogP contribution in [0.1, 0.15) is 136 Å². The number of carbonyl (C=O) groups excluding carboxylic acids is 13. The van der Waals surface area contributed by atoms with E-state index < -0.39 is 171 Å². The molecule has 2 bridgehead atoms. The van der Waals surface area contributed by atoms with Gasteiger partial charge < -0.3 is 94.5 Å². The van der Waals surface area contributed by atoms with Crippen LogP contribution in [0.5, 0.6) is 11.5 Å². The SMILES string of the molecule is CC(=O)N[C@H]1CSCc2cccc(c2)CSC[C@H](C(N)=O)NC(=O)[C@H]([C@@H](C)O)NC(=O)[C@](C)(C(C)C)NC(=O)[C@H](Cc2ccc(O)cc2)NC(=O)[C@H](C)NC(=O)C2(CCC2)NC(=O)[C@H](Cc2c[nH]c3ncccc23)NC(=O)[C@H](C(C)(C)O)NC(=O)[C@@H]2CCCN2C(=O)[C@H](Cc2ccc(O)cc2)NC(=O)[C@H](C(C)(C)C)NC1=O. The van der Waals surface area contributed by atoms with Gasteiger partial charge in [0.2, 0.25) is 76.8 Å². The van der Waals surface area contributed by atoms with Crippen LogP contribution in [0, 0.1) is 11.3 Å². The van der Waals surface area contributed by atoms with E-state index in [4.69, 9.17) is 5.73 Å². The van der Waals surface area contributed by atoms with E-state index in [0.717, 1.165) is 11.1 Å². The number of hydrogen-bond acceptors (Lipinski definition) is 20. The van der Waals surface area contributed by atoms with E-state index in [1.54, 1.807) is 71.1 Å². The molecule has 13 amide bonds. The molecule has 3 aromatic carbocycles. The summed E-state index contributed by atoms with van der Waals surface area (Å²) < 4.78 is 0. The molecule has 112 heavy (non-hydrogen) atoms. The van der Waals surface area contributed by atoms with Gasteiger partial charge in [-0.25, -0.2) is 4.98 Å². The summed E-state index contributed by atoms with van der Waals surface area (Å²) in [6.07, 6.45) is 1.65. The Hall–Kier alpha value is -10.3. The zero-order chi connectivity index (χ0) is 82.3. The molecule has 3 aliphatic rings. The summed E-state index contributed by atoms with van der Waals surface area (Å²) in [5.41, 5.74) is 2.48. The van der Waals surface area contributed by atoms with Gasteiger partial charge in [0.25, 0.3) is 0 Å². The topological polar surface area (TPSA) is 493 Å². The van der Waals surface area contributed by atoms with Crippen LogP contribution in [0.15, 0.2) is 97.3 Å². The molecule has 0 unspecified atom stereocenters. The number of rotatable bonds is 11. The number of phenolic OH excluding ortho intramolecular Hbond substituents is 2. The highest BCUT2D eigenvalue weighted by Gasteiger charge is 2.50. The van der Waals surface area contributed by atoms with E-state index >= 15 is 14.4 Å². The molecule has 5 aromatic rings. The number of aliphatic hydroxyl groups excluding tert-OH is 1. The number of aromatic nitrogens is 2. The number of nitrogens with zero attached hydrogens (tertiary/aromatic N) is 2. The van der Waals surface area contributed by atoms with Gasteiger partial charge in [-0.1, -0.05) is 83.1 Å². The number of carbonyl (C=O) groups is 13. The summed E-state index contributed by atoms with van der Waals surface area (Å²) in [6.45, 7) is 15.9. The van der Waals surface area contributed by atoms with Crippen LogP contribution in [0.4, 0.5) is 0 Å². The van der Waals surface area contributed by atoms with Gasteiger partial charge in [0.05, 0.1) is 11.7 Å². The Balaban J connectivity index is 1.13. The summed E-state index contributed by atoms with van der Waals surface area (Å²) in [7, 11) is 0. The van der Waals surface area contributed by atoms with Crippen LogP contribution in [0.3, 0.4) is 0 Å². The maximum Gasteiger partial charge on any atom is 0.246 e. The van der Waals surface area contributed by atoms with Crippen LogP contribution < -0.4 is 64.2 Å². The maximum absolute atomic E-state index is 15.2. The number of benzene rings is 3. The number of nitrogens with two attached hydrogens (primary N) is 1. The monoisotopic (exact) mass is 1590 g/mol. The third-order valence-electron chi connectivity index (χ3n) is 20.4. The second-order valence-corrected chi connectivity index (χ2v) is 33.2. The van der Waals surface area contributed by atoms with Crippen molar-refractivity contribution in [3.05, 3.63) is 125 Å². The van der Waals surface area contributed by atoms with Gasteiger partial charge in [-0.3, -0.25) is 62.3 Å². The van der Waals surface area contributed by atoms with Crippen molar-refractivity contribution in [1.82, 2.24) is 73.4 Å². The number of primary amides is 1. The number of thioether (sulfide) groups is 2. The molecule has 606 valence electrons. The molecule has 2 fully saturated rings. The molecule has 12 atom stereocenters. The van der Waals surface area contributed by atoms with Crippen LogP contribution in [0.2, 0.25) is 0 Å². The number of pyridine rings is 1. The lowest BCUT2D eigenvalue weighted by Gasteiger charge is -2.42. The standard InChI is InChI=1S/C78H105N15O17S2/c1-41(2)77(11)73(108)88-59(43(4)94)69(104)87-56(62(79)98)39-111-37-47-16-12-17-48(32-47)38-112-40-57(83-44(5)95)65(100)89-60(75(6,7)8)70(105)86-55(34-46-22-26-51(97)27-23-46)72(107)93-31-14-19-58(93)68(103)90-61(76(9,10)110)71(106)85-54(35-49-36-81-63-52(49)18-13-30-80-63)67(102)92-78(28-15-29-78)74(109)82-42(3)64(99)84-53(66(101)91-77)33-45-20-24-50(96)25-21-45/h12-13,16-18,20-27,30,32,36,41-43,53-61,94,96-97,110H,14-15,19,28-29,31,33-35,37-40H2,1-11H3,(H2,79,98)(H,80,81)(H,82,109)(H,83,95)(H,84,99)(H,85,106)(H,86,105)(H,87,104)(H,88,108)(H,89,100)(H,90,103)(H,91,101)(H,92,102)/t42-,43+,53-,54-,55-,56+,57-,58-,59-,60+,61+,77-/m0/s1. The minimum atomic E-state index is -2.09. The van der Waals surface area contributed by atoms with Crippen molar-refractivity contribution in [2.24, 2.45) is 17.1 Å². The summed E-state index contributed by atoms with van der Waals surface area (Å²) in [5.74, 6) is -11.6. The van der Waals surface area contributed by atoms with Crippen LogP contribution in [-0.2, 0) is 93.1 Å². The number of amides is 13. The minimum Gasteiger partial charge on any atom is -0.508 e. The quantitative estimate of drug-likeness (QED) is 0.0871. The van der Waals surface area contributed by atoms with E-state index in [-0.39, 0.29) is 74.5 Å². The Labute approximate surface area is 658 Å². The third kappa shape index (κ3) is 22.9. The molecule has 2 aromatic heterocycles. The number of hydrogen-bond donors (Lipinski definition) is 17. The van der Waals surface area contributed by atoms with Crippen molar-refractivity contribution in [3.8, 4) is 11.5 Å². The van der Waals surface area contributed by atoms with Crippen molar-refractivity contribution in [2.75, 3.05) is 18.1 Å². The Morgan fingerprint density at radius 1 is 0.643 bits per heavy atom. The molecule has 0 radical (unpaired) electrons. The lowest BCUT2D eigenvalue weighted by Crippen LogP contribution is -2.68. The molecule has 18 N–H and O–H groups in total. The Morgan fingerprint density at radius 3 is 1.77 bits per heavy atom. The predicted molar refractivity (Wildman–Crippen MR) is 418 cm³/mol. The number of fused-ring (bicyclic) bond motifs is 4. The summed E-state index contributed by atoms with van der Waals surface area (Å²) in [5, 5.41) is 73.5. The number of aliphatic hydroxyl groups is 2. The first-order chi connectivity index (χ1) is 52.7. The van der Waals surface area contributed by atoms with Gasteiger partial charge in [0.1, 0.15) is 88.6 Å². The molecule has 4 heterocycles. The molecular weight excluding hydrogens is 1480 g/mol. The molecule has 8 rings (SSSR count). The molecule has 34 heteroatoms. The van der Waals surface area contributed by atoms with Crippen molar-refractivity contribution in [2.45, 2.75) is 222 Å². The van der Waals surface area contributed by atoms with E-state index in [9.17, 15) is 68.4 Å². The van der Waals surface area contributed by atoms with E-state index in [1.807, 2.05) is 18.2 Å². The number of aromatic amines is 1. The van der Waals surface area contributed by atoms with Crippen molar-refractivity contribution in [1.29, 1.82) is 0 Å².